The first-order valence-electron chi connectivity index (χ1n) is 24.5. The zero-order chi connectivity index (χ0) is 40.1. The molecule has 55 heavy (non-hydrogen) atoms. The van der Waals surface area contributed by atoms with Crippen molar-refractivity contribution >= 4 is 17.9 Å². The standard InChI is InChI=1S/C49H94O6/c1-4-7-10-13-16-19-22-24-25-28-31-34-37-40-43-49(52)55-46(44-53-47(50)41-38-35-32-29-26-21-18-15-12-9-6-3)45-54-48(51)42-39-36-33-30-27-23-20-17-14-11-8-5-2/h46H,4-45H2,1-3H3/t46-/m1/s1. The number of ether oxygens (including phenoxy) is 3. The van der Waals surface area contributed by atoms with Gasteiger partial charge in [0.15, 0.2) is 6.10 Å². The van der Waals surface area contributed by atoms with Crippen molar-refractivity contribution in [1.82, 2.24) is 0 Å². The molecule has 0 N–H and O–H groups in total. The Hall–Kier alpha value is -1.59. The zero-order valence-electron chi connectivity index (χ0n) is 37.2. The molecular formula is C49H94O6. The second kappa shape index (κ2) is 45.1. The predicted molar refractivity (Wildman–Crippen MR) is 233 cm³/mol. The van der Waals surface area contributed by atoms with Crippen LogP contribution in [-0.4, -0.2) is 37.2 Å². The van der Waals surface area contributed by atoms with E-state index in [2.05, 4.69) is 20.8 Å². The fourth-order valence-corrected chi connectivity index (χ4v) is 7.38. The molecule has 0 saturated carbocycles. The van der Waals surface area contributed by atoms with Crippen molar-refractivity contribution in [3.05, 3.63) is 0 Å². The van der Waals surface area contributed by atoms with Crippen LogP contribution < -0.4 is 0 Å². The highest BCUT2D eigenvalue weighted by Gasteiger charge is 2.19. The Morgan fingerprint density at radius 3 is 0.727 bits per heavy atom. The van der Waals surface area contributed by atoms with Crippen LogP contribution in [0.15, 0.2) is 0 Å². The average molecular weight is 779 g/mol. The molecule has 0 rings (SSSR count). The normalized spacial score (nSPS) is 11.8. The van der Waals surface area contributed by atoms with Crippen LogP contribution >= 0.6 is 0 Å². The monoisotopic (exact) mass is 779 g/mol. The minimum Gasteiger partial charge on any atom is -0.462 e. The first-order valence-corrected chi connectivity index (χ1v) is 24.5. The molecule has 0 unspecified atom stereocenters. The maximum Gasteiger partial charge on any atom is 0.306 e. The van der Waals surface area contributed by atoms with Crippen LogP contribution in [0, 0.1) is 0 Å². The van der Waals surface area contributed by atoms with Crippen LogP contribution in [0.5, 0.6) is 0 Å². The molecule has 0 amide bonds. The van der Waals surface area contributed by atoms with Crippen LogP contribution in [-0.2, 0) is 28.6 Å². The van der Waals surface area contributed by atoms with E-state index < -0.39 is 6.10 Å². The van der Waals surface area contributed by atoms with Gasteiger partial charge in [0.05, 0.1) is 0 Å². The summed E-state index contributed by atoms with van der Waals surface area (Å²) in [7, 11) is 0. The van der Waals surface area contributed by atoms with E-state index in [0.717, 1.165) is 57.8 Å². The number of rotatable bonds is 45. The highest BCUT2D eigenvalue weighted by atomic mass is 16.6. The summed E-state index contributed by atoms with van der Waals surface area (Å²) in [5.41, 5.74) is 0. The molecule has 0 heterocycles. The summed E-state index contributed by atoms with van der Waals surface area (Å²) in [5, 5.41) is 0. The minimum atomic E-state index is -0.758. The topological polar surface area (TPSA) is 78.9 Å². The second-order valence-corrected chi connectivity index (χ2v) is 16.7. The van der Waals surface area contributed by atoms with E-state index in [1.165, 1.54) is 180 Å². The molecule has 0 aliphatic carbocycles. The highest BCUT2D eigenvalue weighted by molar-refractivity contribution is 5.71. The van der Waals surface area contributed by atoms with Crippen molar-refractivity contribution in [1.29, 1.82) is 0 Å². The van der Waals surface area contributed by atoms with Gasteiger partial charge in [0, 0.05) is 19.3 Å². The van der Waals surface area contributed by atoms with E-state index in [1.807, 2.05) is 0 Å². The van der Waals surface area contributed by atoms with E-state index in [-0.39, 0.29) is 31.1 Å². The fraction of sp³-hybridized carbons (Fsp3) is 0.939. The van der Waals surface area contributed by atoms with Crippen molar-refractivity contribution in [3.63, 3.8) is 0 Å². The Kier molecular flexibility index (Phi) is 43.8. The summed E-state index contributed by atoms with van der Waals surface area (Å²) < 4.78 is 16.8. The molecule has 0 bridgehead atoms. The third kappa shape index (κ3) is 43.4. The summed E-state index contributed by atoms with van der Waals surface area (Å²) in [5.74, 6) is -0.846. The SMILES string of the molecule is CCCCCCCCCCCCCCCCC(=O)O[C@H](COC(=O)CCCCCCCCCCCCC)COC(=O)CCCCCCCCCCCCCC. The van der Waals surface area contributed by atoms with Crippen LogP contribution in [0.2, 0.25) is 0 Å². The van der Waals surface area contributed by atoms with E-state index >= 15 is 0 Å². The highest BCUT2D eigenvalue weighted by Crippen LogP contribution is 2.16. The average Bonchev–Trinajstić information content (AvgIpc) is 3.18. The Morgan fingerprint density at radius 2 is 0.491 bits per heavy atom. The van der Waals surface area contributed by atoms with Crippen molar-refractivity contribution in [2.24, 2.45) is 0 Å². The molecule has 0 aromatic heterocycles. The molecule has 0 fully saturated rings. The molecule has 0 saturated heterocycles. The van der Waals surface area contributed by atoms with E-state index in [9.17, 15) is 14.4 Å². The molecule has 0 radical (unpaired) electrons. The van der Waals surface area contributed by atoms with Crippen LogP contribution in [0.3, 0.4) is 0 Å². The minimum absolute atomic E-state index is 0.0622. The number of carbonyl (C=O) groups is 3. The third-order valence-corrected chi connectivity index (χ3v) is 11.1. The molecule has 326 valence electrons. The van der Waals surface area contributed by atoms with E-state index in [1.54, 1.807) is 0 Å². The van der Waals surface area contributed by atoms with Crippen LogP contribution in [0.25, 0.3) is 0 Å². The zero-order valence-corrected chi connectivity index (χ0v) is 37.2. The third-order valence-electron chi connectivity index (χ3n) is 11.1. The molecule has 0 aliphatic heterocycles. The maximum absolute atomic E-state index is 12.7. The number of unbranched alkanes of at least 4 members (excludes halogenated alkanes) is 34. The molecule has 6 heteroatoms. The van der Waals surface area contributed by atoms with Gasteiger partial charge in [-0.15, -0.1) is 0 Å². The van der Waals surface area contributed by atoms with Crippen molar-refractivity contribution < 1.29 is 28.6 Å². The van der Waals surface area contributed by atoms with Crippen molar-refractivity contribution in [2.75, 3.05) is 13.2 Å². The smallest absolute Gasteiger partial charge is 0.306 e. The molecule has 0 aromatic carbocycles. The van der Waals surface area contributed by atoms with E-state index in [0.29, 0.717) is 19.3 Å². The maximum atomic E-state index is 12.7. The first kappa shape index (κ1) is 53.4. The number of hydrogen-bond acceptors (Lipinski definition) is 6. The first-order chi connectivity index (χ1) is 27.0. The van der Waals surface area contributed by atoms with Gasteiger partial charge in [-0.1, -0.05) is 239 Å². The molecule has 1 atom stereocenters. The summed E-state index contributed by atoms with van der Waals surface area (Å²) in [6.07, 6.45) is 46.5. The van der Waals surface area contributed by atoms with Crippen molar-refractivity contribution in [2.45, 2.75) is 284 Å². The lowest BCUT2D eigenvalue weighted by molar-refractivity contribution is -0.167. The lowest BCUT2D eigenvalue weighted by Gasteiger charge is -2.18. The fourth-order valence-electron chi connectivity index (χ4n) is 7.38. The van der Waals surface area contributed by atoms with Gasteiger partial charge in [-0.25, -0.2) is 0 Å². The lowest BCUT2D eigenvalue weighted by Crippen LogP contribution is -2.30. The Labute approximate surface area is 342 Å². The number of hydrogen-bond donors (Lipinski definition) is 0. The Morgan fingerprint density at radius 1 is 0.291 bits per heavy atom. The van der Waals surface area contributed by atoms with Gasteiger partial charge < -0.3 is 14.2 Å². The lowest BCUT2D eigenvalue weighted by atomic mass is 10.0. The molecule has 0 spiro atoms. The van der Waals surface area contributed by atoms with Gasteiger partial charge in [-0.05, 0) is 19.3 Å². The van der Waals surface area contributed by atoms with E-state index in [4.69, 9.17) is 14.2 Å². The van der Waals surface area contributed by atoms with Crippen LogP contribution in [0.4, 0.5) is 0 Å². The number of esters is 3. The van der Waals surface area contributed by atoms with Gasteiger partial charge in [0.1, 0.15) is 13.2 Å². The molecule has 6 nitrogen and oxygen atoms in total. The van der Waals surface area contributed by atoms with Gasteiger partial charge in [-0.3, -0.25) is 14.4 Å². The summed E-state index contributed by atoms with van der Waals surface area (Å²) >= 11 is 0. The quantitative estimate of drug-likeness (QED) is 0.0348. The second-order valence-electron chi connectivity index (χ2n) is 16.7. The van der Waals surface area contributed by atoms with Crippen molar-refractivity contribution in [3.8, 4) is 0 Å². The molecule has 0 aliphatic rings. The summed E-state index contributed by atoms with van der Waals surface area (Å²) in [4.78, 5) is 37.8. The Bertz CT molecular complexity index is 813. The molecular weight excluding hydrogens is 685 g/mol. The largest absolute Gasteiger partial charge is 0.462 e. The summed E-state index contributed by atoms with van der Waals surface area (Å²) in [6, 6.07) is 0. The number of carbonyl (C=O) groups excluding carboxylic acids is 3. The molecule has 0 aromatic rings. The van der Waals surface area contributed by atoms with Gasteiger partial charge in [0.2, 0.25) is 0 Å². The predicted octanol–water partition coefficient (Wildman–Crippen LogP) is 15.6. The van der Waals surface area contributed by atoms with Gasteiger partial charge in [0.25, 0.3) is 0 Å². The van der Waals surface area contributed by atoms with Gasteiger partial charge in [-0.2, -0.15) is 0 Å². The summed E-state index contributed by atoms with van der Waals surface area (Å²) in [6.45, 7) is 6.66. The Balaban J connectivity index is 4.31. The van der Waals surface area contributed by atoms with Crippen LogP contribution in [0.1, 0.15) is 278 Å². The van der Waals surface area contributed by atoms with Gasteiger partial charge >= 0.3 is 17.9 Å².